The molecule has 0 atom stereocenters. The van der Waals surface area contributed by atoms with Crippen LogP contribution < -0.4 is 14.2 Å². The van der Waals surface area contributed by atoms with Crippen molar-refractivity contribution in [2.45, 2.75) is 0 Å². The highest BCUT2D eigenvalue weighted by molar-refractivity contribution is 5.89. The summed E-state index contributed by atoms with van der Waals surface area (Å²) in [4.78, 5) is 15.4. The number of methoxy groups -OCH3 is 3. The number of benzene rings is 1. The van der Waals surface area contributed by atoms with Gasteiger partial charge < -0.3 is 14.2 Å². The van der Waals surface area contributed by atoms with E-state index in [1.165, 1.54) is 7.11 Å². The van der Waals surface area contributed by atoms with Gasteiger partial charge in [0.05, 0.1) is 27.5 Å². The molecular weight excluding hydrogens is 258 g/mol. The average Bonchev–Trinajstić information content (AvgIpc) is 2.53. The molecule has 0 aliphatic heterocycles. The van der Waals surface area contributed by atoms with Crippen molar-refractivity contribution in [3.63, 3.8) is 0 Å². The van der Waals surface area contributed by atoms with E-state index >= 15 is 0 Å². The second-order valence-electron chi connectivity index (χ2n) is 4.03. The van der Waals surface area contributed by atoms with Crippen molar-refractivity contribution < 1.29 is 19.0 Å². The van der Waals surface area contributed by atoms with Crippen molar-refractivity contribution in [2.24, 2.45) is 0 Å². The van der Waals surface area contributed by atoms with Crippen LogP contribution >= 0.6 is 0 Å². The molecule has 0 bridgehead atoms. The molecule has 104 valence electrons. The molecule has 0 spiro atoms. The van der Waals surface area contributed by atoms with Crippen LogP contribution in [-0.4, -0.2) is 32.6 Å². The van der Waals surface area contributed by atoms with E-state index in [1.54, 1.807) is 44.8 Å². The summed E-state index contributed by atoms with van der Waals surface area (Å²) < 4.78 is 15.6. The Balaban J connectivity index is 2.62. The molecule has 0 unspecified atom stereocenters. The third-order valence-electron chi connectivity index (χ3n) is 2.94. The topological polar surface area (TPSA) is 57.6 Å². The Morgan fingerprint density at radius 3 is 2.25 bits per heavy atom. The van der Waals surface area contributed by atoms with Crippen LogP contribution in [0.1, 0.15) is 10.4 Å². The summed E-state index contributed by atoms with van der Waals surface area (Å²) in [7, 11) is 4.64. The first kappa shape index (κ1) is 13.9. The molecule has 5 heteroatoms. The highest BCUT2D eigenvalue weighted by atomic mass is 16.5. The quantitative estimate of drug-likeness (QED) is 0.784. The number of rotatable bonds is 5. The van der Waals surface area contributed by atoms with E-state index in [4.69, 9.17) is 14.2 Å². The SMILES string of the molecule is COc1cncc(-c2cc(OC)c(OC)cc2C=O)c1. The zero-order valence-corrected chi connectivity index (χ0v) is 11.5. The van der Waals surface area contributed by atoms with Crippen LogP contribution in [0.15, 0.2) is 30.6 Å². The van der Waals surface area contributed by atoms with Gasteiger partial charge in [0.2, 0.25) is 0 Å². The predicted octanol–water partition coefficient (Wildman–Crippen LogP) is 2.59. The van der Waals surface area contributed by atoms with Crippen LogP contribution in [0.5, 0.6) is 17.2 Å². The molecule has 0 amide bonds. The highest BCUT2D eigenvalue weighted by Crippen LogP contribution is 2.35. The lowest BCUT2D eigenvalue weighted by atomic mass is 10.0. The van der Waals surface area contributed by atoms with Crippen LogP contribution in [0.4, 0.5) is 0 Å². The standard InChI is InChI=1S/C15H15NO4/c1-18-12-4-10(7-16-8-12)13-6-15(20-3)14(19-2)5-11(13)9-17/h4-9H,1-3H3. The molecule has 2 rings (SSSR count). The van der Waals surface area contributed by atoms with Crippen LogP contribution in [-0.2, 0) is 0 Å². The summed E-state index contributed by atoms with van der Waals surface area (Å²) in [5, 5.41) is 0. The van der Waals surface area contributed by atoms with Gasteiger partial charge in [-0.05, 0) is 23.8 Å². The minimum absolute atomic E-state index is 0.498. The largest absolute Gasteiger partial charge is 0.495 e. The number of hydrogen-bond donors (Lipinski definition) is 0. The molecule has 5 nitrogen and oxygen atoms in total. The maximum absolute atomic E-state index is 11.3. The number of ether oxygens (including phenoxy) is 3. The van der Waals surface area contributed by atoms with Crippen molar-refractivity contribution in [2.75, 3.05) is 21.3 Å². The van der Waals surface area contributed by atoms with Crippen molar-refractivity contribution >= 4 is 6.29 Å². The fourth-order valence-corrected chi connectivity index (χ4v) is 1.92. The second-order valence-corrected chi connectivity index (χ2v) is 4.03. The second kappa shape index (κ2) is 6.06. The molecule has 0 N–H and O–H groups in total. The number of hydrogen-bond acceptors (Lipinski definition) is 5. The Labute approximate surface area is 117 Å². The number of nitrogens with zero attached hydrogens (tertiary/aromatic N) is 1. The molecule has 0 radical (unpaired) electrons. The van der Waals surface area contributed by atoms with Crippen molar-refractivity contribution in [1.29, 1.82) is 0 Å². The maximum atomic E-state index is 11.3. The van der Waals surface area contributed by atoms with E-state index in [0.29, 0.717) is 28.4 Å². The van der Waals surface area contributed by atoms with Gasteiger partial charge in [0.25, 0.3) is 0 Å². The maximum Gasteiger partial charge on any atom is 0.161 e. The Hall–Kier alpha value is -2.56. The van der Waals surface area contributed by atoms with Gasteiger partial charge in [-0.15, -0.1) is 0 Å². The van der Waals surface area contributed by atoms with E-state index in [9.17, 15) is 4.79 Å². The molecule has 1 aromatic carbocycles. The summed E-state index contributed by atoms with van der Waals surface area (Å²) in [6.45, 7) is 0. The molecule has 20 heavy (non-hydrogen) atoms. The lowest BCUT2D eigenvalue weighted by Gasteiger charge is -2.12. The lowest BCUT2D eigenvalue weighted by Crippen LogP contribution is -1.96. The number of pyridine rings is 1. The van der Waals surface area contributed by atoms with Gasteiger partial charge in [-0.25, -0.2) is 0 Å². The molecule has 0 aliphatic carbocycles. The number of carbonyl (C=O) groups is 1. The predicted molar refractivity (Wildman–Crippen MR) is 74.7 cm³/mol. The van der Waals surface area contributed by atoms with Crippen molar-refractivity contribution in [3.8, 4) is 28.4 Å². The monoisotopic (exact) mass is 273 g/mol. The minimum Gasteiger partial charge on any atom is -0.495 e. The Morgan fingerprint density at radius 1 is 0.950 bits per heavy atom. The van der Waals surface area contributed by atoms with Gasteiger partial charge in [0.15, 0.2) is 17.8 Å². The summed E-state index contributed by atoms with van der Waals surface area (Å²) in [5.41, 5.74) is 1.98. The first-order valence-electron chi connectivity index (χ1n) is 5.94. The lowest BCUT2D eigenvalue weighted by molar-refractivity contribution is 0.112. The molecule has 0 aliphatic rings. The molecule has 1 heterocycles. The van der Waals surface area contributed by atoms with Gasteiger partial charge in [-0.2, -0.15) is 0 Å². The number of aromatic nitrogens is 1. The van der Waals surface area contributed by atoms with Crippen LogP contribution in [0, 0.1) is 0 Å². The molecule has 2 aromatic rings. The van der Waals surface area contributed by atoms with E-state index in [-0.39, 0.29) is 0 Å². The Morgan fingerprint density at radius 2 is 1.65 bits per heavy atom. The molecule has 0 saturated carbocycles. The molecular formula is C15H15NO4. The van der Waals surface area contributed by atoms with E-state index in [0.717, 1.165) is 11.8 Å². The fourth-order valence-electron chi connectivity index (χ4n) is 1.92. The fraction of sp³-hybridized carbons (Fsp3) is 0.200. The molecule has 1 aromatic heterocycles. The van der Waals surface area contributed by atoms with Crippen molar-refractivity contribution in [1.82, 2.24) is 4.98 Å². The van der Waals surface area contributed by atoms with Gasteiger partial charge >= 0.3 is 0 Å². The number of carbonyl (C=O) groups excluding carboxylic acids is 1. The molecule has 0 fully saturated rings. The van der Waals surface area contributed by atoms with Gasteiger partial charge in [-0.3, -0.25) is 9.78 Å². The van der Waals surface area contributed by atoms with Gasteiger partial charge in [-0.1, -0.05) is 0 Å². The van der Waals surface area contributed by atoms with E-state index in [2.05, 4.69) is 4.98 Å². The highest BCUT2D eigenvalue weighted by Gasteiger charge is 2.13. The van der Waals surface area contributed by atoms with E-state index in [1.807, 2.05) is 0 Å². The van der Waals surface area contributed by atoms with E-state index < -0.39 is 0 Å². The Kier molecular flexibility index (Phi) is 4.20. The summed E-state index contributed by atoms with van der Waals surface area (Å²) in [6, 6.07) is 5.20. The zero-order chi connectivity index (χ0) is 14.5. The Bertz CT molecular complexity index is 625. The van der Waals surface area contributed by atoms with Crippen molar-refractivity contribution in [3.05, 3.63) is 36.2 Å². The normalized spacial score (nSPS) is 9.95. The molecule has 0 saturated heterocycles. The third-order valence-corrected chi connectivity index (χ3v) is 2.94. The minimum atomic E-state index is 0.498. The van der Waals surface area contributed by atoms with Crippen LogP contribution in [0.25, 0.3) is 11.1 Å². The van der Waals surface area contributed by atoms with Gasteiger partial charge in [0, 0.05) is 17.3 Å². The number of aldehydes is 1. The first-order valence-corrected chi connectivity index (χ1v) is 5.94. The summed E-state index contributed by atoms with van der Waals surface area (Å²) in [6.07, 6.45) is 4.04. The smallest absolute Gasteiger partial charge is 0.161 e. The van der Waals surface area contributed by atoms with Gasteiger partial charge in [0.1, 0.15) is 5.75 Å². The summed E-state index contributed by atoms with van der Waals surface area (Å²) in [5.74, 6) is 1.68. The zero-order valence-electron chi connectivity index (χ0n) is 11.5. The van der Waals surface area contributed by atoms with Crippen LogP contribution in [0.3, 0.4) is 0 Å². The third kappa shape index (κ3) is 2.56. The van der Waals surface area contributed by atoms with Crippen LogP contribution in [0.2, 0.25) is 0 Å². The average molecular weight is 273 g/mol. The summed E-state index contributed by atoms with van der Waals surface area (Å²) >= 11 is 0. The first-order chi connectivity index (χ1) is 9.73.